The van der Waals surface area contributed by atoms with Crippen LogP contribution in [0.15, 0.2) is 42.5 Å². The van der Waals surface area contributed by atoms with Crippen molar-refractivity contribution in [3.63, 3.8) is 0 Å². The average Bonchev–Trinajstić information content (AvgIpc) is 2.92. The molecule has 1 fully saturated rings. The first-order chi connectivity index (χ1) is 14.6. The lowest BCUT2D eigenvalue weighted by atomic mass is 9.78. The molecule has 0 saturated carbocycles. The molecule has 1 heterocycles. The summed E-state index contributed by atoms with van der Waals surface area (Å²) in [5, 5.41) is 4.47. The molecular formula is C21H17ClF3N3O3. The van der Waals surface area contributed by atoms with Crippen LogP contribution in [0.3, 0.4) is 0 Å². The Morgan fingerprint density at radius 1 is 1.13 bits per heavy atom. The number of nitrogens with one attached hydrogen (secondary N) is 2. The molecule has 31 heavy (non-hydrogen) atoms. The topological polar surface area (TPSA) is 78.5 Å². The van der Waals surface area contributed by atoms with E-state index in [-0.39, 0.29) is 11.4 Å². The van der Waals surface area contributed by atoms with Crippen molar-refractivity contribution in [3.8, 4) is 0 Å². The summed E-state index contributed by atoms with van der Waals surface area (Å²) < 4.78 is 39.7. The Morgan fingerprint density at radius 3 is 2.55 bits per heavy atom. The number of fused-ring (bicyclic) bond motifs is 1. The Balaban J connectivity index is 1.52. The lowest BCUT2D eigenvalue weighted by Gasteiger charge is -2.32. The zero-order valence-electron chi connectivity index (χ0n) is 16.1. The van der Waals surface area contributed by atoms with E-state index in [0.29, 0.717) is 12.8 Å². The number of imide groups is 1. The van der Waals surface area contributed by atoms with Crippen molar-refractivity contribution in [2.75, 3.05) is 11.9 Å². The van der Waals surface area contributed by atoms with Crippen LogP contribution < -0.4 is 10.6 Å². The third kappa shape index (κ3) is 3.85. The number of anilines is 1. The largest absolute Gasteiger partial charge is 0.418 e. The predicted molar refractivity (Wildman–Crippen MR) is 107 cm³/mol. The number of hydrogen-bond acceptors (Lipinski definition) is 3. The number of benzene rings is 2. The number of amides is 4. The molecule has 2 N–H and O–H groups in total. The summed E-state index contributed by atoms with van der Waals surface area (Å²) in [4.78, 5) is 38.7. The fourth-order valence-electron chi connectivity index (χ4n) is 4.05. The van der Waals surface area contributed by atoms with Gasteiger partial charge in [-0.25, -0.2) is 4.79 Å². The van der Waals surface area contributed by atoms with Gasteiger partial charge in [-0.15, -0.1) is 0 Å². The summed E-state index contributed by atoms with van der Waals surface area (Å²) >= 11 is 5.84. The zero-order valence-corrected chi connectivity index (χ0v) is 16.8. The van der Waals surface area contributed by atoms with Crippen LogP contribution in [0, 0.1) is 0 Å². The van der Waals surface area contributed by atoms with E-state index >= 15 is 0 Å². The van der Waals surface area contributed by atoms with E-state index in [1.165, 1.54) is 6.07 Å². The number of halogens is 4. The molecule has 0 aromatic heterocycles. The molecule has 2 aromatic rings. The number of aryl methyl sites for hydroxylation is 1. The molecular weight excluding hydrogens is 435 g/mol. The van der Waals surface area contributed by atoms with Crippen molar-refractivity contribution in [1.82, 2.24) is 10.2 Å². The SMILES string of the molecule is O=C(CN1C(=O)N[C@@]2(CCc3ccccc3C2)C1=O)Nc1c(Cl)cccc1C(F)(F)F. The number of hydrogen-bond donors (Lipinski definition) is 2. The summed E-state index contributed by atoms with van der Waals surface area (Å²) in [6.45, 7) is -0.726. The average molecular weight is 452 g/mol. The van der Waals surface area contributed by atoms with Gasteiger partial charge < -0.3 is 10.6 Å². The third-order valence-electron chi connectivity index (χ3n) is 5.56. The van der Waals surface area contributed by atoms with Gasteiger partial charge in [0.05, 0.1) is 16.3 Å². The molecule has 162 valence electrons. The van der Waals surface area contributed by atoms with E-state index in [4.69, 9.17) is 11.6 Å². The van der Waals surface area contributed by atoms with Gasteiger partial charge >= 0.3 is 12.2 Å². The molecule has 4 rings (SSSR count). The van der Waals surface area contributed by atoms with Crippen molar-refractivity contribution >= 4 is 35.1 Å². The molecule has 4 amide bonds. The molecule has 2 aliphatic rings. The van der Waals surface area contributed by atoms with Crippen molar-refractivity contribution in [3.05, 3.63) is 64.2 Å². The van der Waals surface area contributed by atoms with Crippen LogP contribution in [-0.2, 0) is 28.6 Å². The first kappa shape index (κ1) is 21.2. The van der Waals surface area contributed by atoms with E-state index < -0.39 is 47.4 Å². The van der Waals surface area contributed by atoms with Gasteiger partial charge in [0, 0.05) is 6.42 Å². The highest BCUT2D eigenvalue weighted by Gasteiger charge is 2.52. The van der Waals surface area contributed by atoms with E-state index in [0.717, 1.165) is 28.2 Å². The summed E-state index contributed by atoms with van der Waals surface area (Å²) in [7, 11) is 0. The molecule has 2 aromatic carbocycles. The maximum atomic E-state index is 13.2. The highest BCUT2D eigenvalue weighted by molar-refractivity contribution is 6.34. The number of carbonyl (C=O) groups is 3. The molecule has 0 bridgehead atoms. The molecule has 1 aliphatic carbocycles. The Labute approximate surface area is 180 Å². The minimum atomic E-state index is -4.74. The van der Waals surface area contributed by atoms with Crippen LogP contribution in [0.4, 0.5) is 23.7 Å². The van der Waals surface area contributed by atoms with Gasteiger partial charge in [-0.05, 0) is 36.1 Å². The van der Waals surface area contributed by atoms with Crippen molar-refractivity contribution in [2.45, 2.75) is 31.0 Å². The maximum Gasteiger partial charge on any atom is 0.418 e. The van der Waals surface area contributed by atoms with Crippen molar-refractivity contribution in [1.29, 1.82) is 0 Å². The molecule has 1 atom stereocenters. The Hall–Kier alpha value is -3.07. The van der Waals surface area contributed by atoms with E-state index in [1.54, 1.807) is 0 Å². The van der Waals surface area contributed by atoms with Crippen LogP contribution in [0.25, 0.3) is 0 Å². The summed E-state index contributed by atoms with van der Waals surface area (Å²) in [6.07, 6.45) is -3.51. The fourth-order valence-corrected chi connectivity index (χ4v) is 4.28. The lowest BCUT2D eigenvalue weighted by molar-refractivity contribution is -0.137. The second kappa shape index (κ2) is 7.56. The molecule has 0 unspecified atom stereocenters. The van der Waals surface area contributed by atoms with Gasteiger partial charge in [-0.3, -0.25) is 14.5 Å². The number of carbonyl (C=O) groups excluding carboxylic acids is 3. The van der Waals surface area contributed by atoms with Gasteiger partial charge in [0.2, 0.25) is 5.91 Å². The number of para-hydroxylation sites is 1. The van der Waals surface area contributed by atoms with Gasteiger partial charge in [-0.2, -0.15) is 13.2 Å². The van der Waals surface area contributed by atoms with Gasteiger partial charge in [-0.1, -0.05) is 41.9 Å². The minimum absolute atomic E-state index is 0.286. The number of rotatable bonds is 3. The zero-order chi connectivity index (χ0) is 22.4. The second-order valence-electron chi connectivity index (χ2n) is 7.56. The minimum Gasteiger partial charge on any atom is -0.323 e. The Bertz CT molecular complexity index is 1090. The highest BCUT2D eigenvalue weighted by atomic mass is 35.5. The first-order valence-corrected chi connectivity index (χ1v) is 9.85. The first-order valence-electron chi connectivity index (χ1n) is 9.47. The number of urea groups is 1. The van der Waals surface area contributed by atoms with Gasteiger partial charge in [0.15, 0.2) is 0 Å². The smallest absolute Gasteiger partial charge is 0.323 e. The number of nitrogens with zero attached hydrogens (tertiary/aromatic N) is 1. The quantitative estimate of drug-likeness (QED) is 0.697. The summed E-state index contributed by atoms with van der Waals surface area (Å²) in [5.74, 6) is -1.53. The Morgan fingerprint density at radius 2 is 1.84 bits per heavy atom. The lowest BCUT2D eigenvalue weighted by Crippen LogP contribution is -2.51. The van der Waals surface area contributed by atoms with Crippen molar-refractivity contribution in [2.24, 2.45) is 0 Å². The number of alkyl halides is 3. The standard InChI is InChI=1S/C21H17ClF3N3O3/c22-15-7-3-6-14(21(23,24)25)17(15)26-16(29)11-28-18(30)20(27-19(28)31)9-8-12-4-1-2-5-13(12)10-20/h1-7H,8-11H2,(H,26,29)(H,27,31)/t20-/m1/s1. The fraction of sp³-hybridized carbons (Fsp3) is 0.286. The van der Waals surface area contributed by atoms with E-state index in [1.807, 2.05) is 24.3 Å². The van der Waals surface area contributed by atoms with Crippen LogP contribution in [0.5, 0.6) is 0 Å². The van der Waals surface area contributed by atoms with E-state index in [9.17, 15) is 27.6 Å². The van der Waals surface area contributed by atoms with Gasteiger partial charge in [0.1, 0.15) is 12.1 Å². The monoisotopic (exact) mass is 451 g/mol. The highest BCUT2D eigenvalue weighted by Crippen LogP contribution is 2.38. The third-order valence-corrected chi connectivity index (χ3v) is 5.88. The van der Waals surface area contributed by atoms with E-state index in [2.05, 4.69) is 10.6 Å². The van der Waals surface area contributed by atoms with Crippen molar-refractivity contribution < 1.29 is 27.6 Å². The normalized spacial score (nSPS) is 20.6. The van der Waals surface area contributed by atoms with Crippen LogP contribution in [0.1, 0.15) is 23.1 Å². The summed E-state index contributed by atoms with van der Waals surface area (Å²) in [5.41, 5.74) is -0.877. The van der Waals surface area contributed by atoms with Gasteiger partial charge in [0.25, 0.3) is 5.91 Å². The summed E-state index contributed by atoms with van der Waals surface area (Å²) in [6, 6.07) is 9.91. The van der Waals surface area contributed by atoms with Crippen LogP contribution in [0.2, 0.25) is 5.02 Å². The second-order valence-corrected chi connectivity index (χ2v) is 7.96. The van der Waals surface area contributed by atoms with Crippen LogP contribution >= 0.6 is 11.6 Å². The maximum absolute atomic E-state index is 13.2. The molecule has 1 aliphatic heterocycles. The predicted octanol–water partition coefficient (Wildman–Crippen LogP) is 3.78. The Kier molecular flexibility index (Phi) is 5.17. The molecule has 1 saturated heterocycles. The van der Waals surface area contributed by atoms with Crippen LogP contribution in [-0.4, -0.2) is 34.8 Å². The molecule has 0 radical (unpaired) electrons. The molecule has 6 nitrogen and oxygen atoms in total. The molecule has 1 spiro atoms. The molecule has 10 heteroatoms.